The topological polar surface area (TPSA) is 21.1 Å². The van der Waals surface area contributed by atoms with Crippen molar-refractivity contribution in [3.63, 3.8) is 0 Å². The first-order valence-corrected chi connectivity index (χ1v) is 8.50. The molecule has 5 heteroatoms. The molecule has 2 aromatic rings. The highest BCUT2D eigenvalue weighted by atomic mass is 79.9. The molecule has 3 nitrogen and oxygen atoms in total. The van der Waals surface area contributed by atoms with Gasteiger partial charge >= 0.3 is 0 Å². The Kier molecular flexibility index (Phi) is 4.22. The predicted octanol–water partition coefficient (Wildman–Crippen LogP) is 2.67. The van der Waals surface area contributed by atoms with Crippen molar-refractivity contribution in [2.24, 2.45) is 0 Å². The van der Waals surface area contributed by atoms with Gasteiger partial charge in [0.1, 0.15) is 4.60 Å². The predicted molar refractivity (Wildman–Crippen MR) is 92.7 cm³/mol. The Morgan fingerprint density at radius 1 is 1.24 bits per heavy atom. The maximum Gasteiger partial charge on any atom is 0.185 e. The molecule has 1 aliphatic rings. The van der Waals surface area contributed by atoms with Crippen molar-refractivity contribution < 1.29 is 0 Å². The van der Waals surface area contributed by atoms with Crippen LogP contribution in [0.5, 0.6) is 0 Å². The average molecular weight is 346 g/mol. The van der Waals surface area contributed by atoms with Crippen molar-refractivity contribution in [2.75, 3.05) is 6.54 Å². The van der Waals surface area contributed by atoms with Gasteiger partial charge in [-0.1, -0.05) is 32.0 Å². The van der Waals surface area contributed by atoms with Crippen LogP contribution in [0.15, 0.2) is 22.8 Å². The van der Waals surface area contributed by atoms with Gasteiger partial charge in [0.25, 0.3) is 0 Å². The van der Waals surface area contributed by atoms with Gasteiger partial charge in [-0.3, -0.25) is 0 Å². The molecule has 1 aromatic carbocycles. The van der Waals surface area contributed by atoms with Crippen LogP contribution < -0.4 is 0 Å². The van der Waals surface area contributed by atoms with Gasteiger partial charge in [0, 0.05) is 18.5 Å². The molecule has 0 unspecified atom stereocenters. The fourth-order valence-electron chi connectivity index (χ4n) is 3.11. The summed E-state index contributed by atoms with van der Waals surface area (Å²) in [5.41, 5.74) is 6.59. The Labute approximate surface area is 135 Å². The summed E-state index contributed by atoms with van der Waals surface area (Å²) < 4.78 is 3.25. The van der Waals surface area contributed by atoms with Gasteiger partial charge in [0.2, 0.25) is 0 Å². The number of hydrogen-bond acceptors (Lipinski definition) is 2. The van der Waals surface area contributed by atoms with E-state index in [2.05, 4.69) is 65.5 Å². The summed E-state index contributed by atoms with van der Waals surface area (Å²) in [5, 5.41) is 4.92. The molecule has 0 bridgehead atoms. The number of hydrogen-bond donors (Lipinski definition) is 0. The van der Waals surface area contributed by atoms with Crippen molar-refractivity contribution in [1.29, 1.82) is 0 Å². The molecule has 0 spiro atoms. The minimum atomic E-state index is 0.978. The van der Waals surface area contributed by atoms with E-state index in [1.54, 1.807) is 0 Å². The van der Waals surface area contributed by atoms with Crippen LogP contribution >= 0.6 is 15.9 Å². The third-order valence-electron chi connectivity index (χ3n) is 4.34. The van der Waals surface area contributed by atoms with E-state index < -0.39 is 0 Å². The molecular formula is C16H21BBrN3. The Hall–Kier alpha value is -1.07. The molecule has 0 N–H and O–H groups in total. The summed E-state index contributed by atoms with van der Waals surface area (Å²) in [5.74, 6) is 0. The van der Waals surface area contributed by atoms with Crippen molar-refractivity contribution in [1.82, 2.24) is 14.6 Å². The molecule has 21 heavy (non-hydrogen) atoms. The number of nitrogens with zero attached hydrogens (tertiary/aromatic N) is 3. The number of benzene rings is 1. The molecule has 0 fully saturated rings. The Morgan fingerprint density at radius 2 is 1.90 bits per heavy atom. The summed E-state index contributed by atoms with van der Waals surface area (Å²) in [6.07, 6.45) is 3.09. The van der Waals surface area contributed by atoms with Gasteiger partial charge in [0.05, 0.1) is 11.4 Å². The van der Waals surface area contributed by atoms with E-state index in [-0.39, 0.29) is 0 Å². The standard InChI is InChI=1S/C16H21BBrN3/c1-3-11-6-5-7-12(4-2)15(11)21-16(18)13-10-20(17)9-8-14(13)19-21/h5-7H,3-4,8-10,17H2,1-2H3. The van der Waals surface area contributed by atoms with E-state index in [0.29, 0.717) is 0 Å². The quantitative estimate of drug-likeness (QED) is 0.797. The summed E-state index contributed by atoms with van der Waals surface area (Å²) in [7, 11) is 2.17. The lowest BCUT2D eigenvalue weighted by Crippen LogP contribution is -2.27. The van der Waals surface area contributed by atoms with Gasteiger partial charge in [0.15, 0.2) is 7.98 Å². The summed E-state index contributed by atoms with van der Waals surface area (Å²) in [4.78, 5) is 2.35. The van der Waals surface area contributed by atoms with E-state index in [9.17, 15) is 0 Å². The highest BCUT2D eigenvalue weighted by Crippen LogP contribution is 2.31. The third-order valence-corrected chi connectivity index (χ3v) is 5.15. The zero-order valence-corrected chi connectivity index (χ0v) is 14.6. The molecule has 3 rings (SSSR count). The smallest absolute Gasteiger partial charge is 0.185 e. The Morgan fingerprint density at radius 3 is 2.52 bits per heavy atom. The van der Waals surface area contributed by atoms with E-state index in [1.807, 2.05) is 0 Å². The molecule has 110 valence electrons. The van der Waals surface area contributed by atoms with E-state index in [4.69, 9.17) is 5.10 Å². The molecule has 2 heterocycles. The molecule has 0 amide bonds. The summed E-state index contributed by atoms with van der Waals surface area (Å²) in [6, 6.07) is 6.59. The molecular weight excluding hydrogens is 325 g/mol. The van der Waals surface area contributed by atoms with Gasteiger partial charge in [-0.05, 0) is 46.4 Å². The first-order chi connectivity index (χ1) is 10.2. The second-order valence-corrected chi connectivity index (χ2v) is 6.50. The highest BCUT2D eigenvalue weighted by molar-refractivity contribution is 9.10. The van der Waals surface area contributed by atoms with Crippen LogP contribution in [-0.2, 0) is 25.8 Å². The average Bonchev–Trinajstić information content (AvgIpc) is 2.83. The normalized spacial score (nSPS) is 15.2. The number of fused-ring (bicyclic) bond motifs is 1. The minimum absolute atomic E-state index is 0.978. The van der Waals surface area contributed by atoms with Crippen LogP contribution in [0.4, 0.5) is 0 Å². The first-order valence-electron chi connectivity index (χ1n) is 7.71. The monoisotopic (exact) mass is 345 g/mol. The number of aromatic nitrogens is 2. The highest BCUT2D eigenvalue weighted by Gasteiger charge is 2.23. The molecule has 0 atom stereocenters. The molecule has 0 saturated carbocycles. The largest absolute Gasteiger partial charge is 0.345 e. The van der Waals surface area contributed by atoms with E-state index >= 15 is 0 Å². The number of rotatable bonds is 3. The zero-order chi connectivity index (χ0) is 15.0. The van der Waals surface area contributed by atoms with E-state index in [1.165, 1.54) is 28.1 Å². The summed E-state index contributed by atoms with van der Waals surface area (Å²) in [6.45, 7) is 6.49. The van der Waals surface area contributed by atoms with Crippen molar-refractivity contribution >= 4 is 23.9 Å². The lowest BCUT2D eigenvalue weighted by Gasteiger charge is -2.21. The maximum atomic E-state index is 4.92. The molecule has 1 aliphatic heterocycles. The molecule has 0 radical (unpaired) electrons. The van der Waals surface area contributed by atoms with Gasteiger partial charge in [-0.25, -0.2) is 4.68 Å². The zero-order valence-electron chi connectivity index (χ0n) is 13.0. The first kappa shape index (κ1) is 14.9. The molecule has 0 saturated heterocycles. The second kappa shape index (κ2) is 5.97. The SMILES string of the molecule is BN1CCc2nn(-c3c(CC)cccc3CC)c(Br)c2C1. The van der Waals surface area contributed by atoms with Crippen molar-refractivity contribution in [3.8, 4) is 5.69 Å². The fourth-order valence-corrected chi connectivity index (χ4v) is 3.72. The lowest BCUT2D eigenvalue weighted by molar-refractivity contribution is 0.424. The summed E-state index contributed by atoms with van der Waals surface area (Å²) >= 11 is 3.80. The van der Waals surface area contributed by atoms with Crippen molar-refractivity contribution in [3.05, 3.63) is 45.2 Å². The number of aryl methyl sites for hydroxylation is 2. The van der Waals surface area contributed by atoms with Crippen LogP contribution in [0, 0.1) is 0 Å². The van der Waals surface area contributed by atoms with Gasteiger partial charge in [-0.15, -0.1) is 0 Å². The van der Waals surface area contributed by atoms with Crippen LogP contribution in [0.25, 0.3) is 5.69 Å². The van der Waals surface area contributed by atoms with Crippen molar-refractivity contribution in [2.45, 2.75) is 39.7 Å². The Bertz CT molecular complexity index is 644. The number of para-hydroxylation sites is 1. The lowest BCUT2D eigenvalue weighted by atomic mass is 10.0. The minimum Gasteiger partial charge on any atom is -0.345 e. The van der Waals surface area contributed by atoms with Crippen LogP contribution in [-0.4, -0.2) is 29.1 Å². The molecule has 0 aliphatic carbocycles. The van der Waals surface area contributed by atoms with Crippen LogP contribution in [0.1, 0.15) is 36.2 Å². The fraction of sp³-hybridized carbons (Fsp3) is 0.438. The Balaban J connectivity index is 2.18. The number of halogens is 1. The maximum absolute atomic E-state index is 4.92. The van der Waals surface area contributed by atoms with Crippen LogP contribution in [0.3, 0.4) is 0 Å². The van der Waals surface area contributed by atoms with Gasteiger partial charge < -0.3 is 4.81 Å². The van der Waals surface area contributed by atoms with E-state index in [0.717, 1.165) is 37.0 Å². The third kappa shape index (κ3) is 2.57. The van der Waals surface area contributed by atoms with Gasteiger partial charge in [-0.2, -0.15) is 5.10 Å². The molecule has 1 aromatic heterocycles. The second-order valence-electron chi connectivity index (χ2n) is 5.75. The van der Waals surface area contributed by atoms with Crippen LogP contribution in [0.2, 0.25) is 0 Å².